The fourth-order valence-electron chi connectivity index (χ4n) is 1.72. The number of anilines is 1. The van der Waals surface area contributed by atoms with Gasteiger partial charge in [0.15, 0.2) is 0 Å². The van der Waals surface area contributed by atoms with Crippen LogP contribution in [0.2, 0.25) is 5.02 Å². The summed E-state index contributed by atoms with van der Waals surface area (Å²) in [4.78, 5) is 12.1. The van der Waals surface area contributed by atoms with Gasteiger partial charge in [-0.25, -0.2) is 0 Å². The maximum atomic E-state index is 12.1. The molecule has 0 saturated carbocycles. The highest BCUT2D eigenvalue weighted by atomic mass is 79.9. The Bertz CT molecular complexity index is 586. The third-order valence-corrected chi connectivity index (χ3v) is 4.11. The monoisotopic (exact) mass is 337 g/mol. The minimum Gasteiger partial charge on any atom is -0.326 e. The van der Waals surface area contributed by atoms with Crippen LogP contribution in [0.4, 0.5) is 5.69 Å². The Labute approximate surface area is 125 Å². The first-order chi connectivity index (χ1) is 9.08. The van der Waals surface area contributed by atoms with E-state index in [1.807, 2.05) is 49.4 Å². The molecule has 0 aliphatic rings. The molecule has 0 heterocycles. The van der Waals surface area contributed by atoms with Crippen LogP contribution in [0.3, 0.4) is 0 Å². The quantitative estimate of drug-likeness (QED) is 0.852. The smallest absolute Gasteiger partial charge is 0.231 e. The Morgan fingerprint density at radius 1 is 1.21 bits per heavy atom. The van der Waals surface area contributed by atoms with Gasteiger partial charge in [-0.2, -0.15) is 0 Å². The number of rotatable bonds is 3. The minimum atomic E-state index is -0.205. The lowest BCUT2D eigenvalue weighted by Gasteiger charge is -2.13. The van der Waals surface area contributed by atoms with Crippen LogP contribution in [0, 0.1) is 0 Å². The summed E-state index contributed by atoms with van der Waals surface area (Å²) in [5.41, 5.74) is 1.68. The Hall–Kier alpha value is -1.32. The summed E-state index contributed by atoms with van der Waals surface area (Å²) in [6, 6.07) is 15.0. The van der Waals surface area contributed by atoms with E-state index in [2.05, 4.69) is 21.2 Å². The summed E-state index contributed by atoms with van der Waals surface area (Å²) in [5, 5.41) is 3.44. The second-order valence-electron chi connectivity index (χ2n) is 4.25. The van der Waals surface area contributed by atoms with Gasteiger partial charge in [-0.1, -0.05) is 41.9 Å². The van der Waals surface area contributed by atoms with E-state index in [1.165, 1.54) is 0 Å². The normalized spacial score (nSPS) is 11.9. The first-order valence-electron chi connectivity index (χ1n) is 5.89. The van der Waals surface area contributed by atoms with E-state index < -0.39 is 0 Å². The van der Waals surface area contributed by atoms with Crippen molar-refractivity contribution in [3.63, 3.8) is 0 Å². The van der Waals surface area contributed by atoms with E-state index in [-0.39, 0.29) is 11.8 Å². The second-order valence-corrected chi connectivity index (χ2v) is 5.51. The van der Waals surface area contributed by atoms with Crippen molar-refractivity contribution in [1.29, 1.82) is 0 Å². The zero-order chi connectivity index (χ0) is 13.8. The molecule has 0 aliphatic heterocycles. The number of hydrogen-bond acceptors (Lipinski definition) is 1. The molecule has 0 aliphatic carbocycles. The van der Waals surface area contributed by atoms with Crippen LogP contribution in [0.1, 0.15) is 18.4 Å². The van der Waals surface area contributed by atoms with E-state index in [0.717, 1.165) is 10.0 Å². The molecule has 19 heavy (non-hydrogen) atoms. The molecule has 1 amide bonds. The van der Waals surface area contributed by atoms with E-state index in [9.17, 15) is 4.79 Å². The van der Waals surface area contributed by atoms with Crippen LogP contribution in [0.15, 0.2) is 53.0 Å². The molecule has 4 heteroatoms. The maximum absolute atomic E-state index is 12.1. The molecule has 0 spiro atoms. The third-order valence-electron chi connectivity index (χ3n) is 2.88. The predicted octanol–water partition coefficient (Wildman–Crippen LogP) is 4.84. The van der Waals surface area contributed by atoms with Crippen LogP contribution < -0.4 is 5.32 Å². The van der Waals surface area contributed by atoms with Gasteiger partial charge in [0.2, 0.25) is 5.91 Å². The van der Waals surface area contributed by atoms with Crippen molar-refractivity contribution in [1.82, 2.24) is 0 Å². The molecule has 1 atom stereocenters. The Morgan fingerprint density at radius 3 is 2.53 bits per heavy atom. The van der Waals surface area contributed by atoms with Crippen molar-refractivity contribution in [3.05, 3.63) is 63.6 Å². The lowest BCUT2D eigenvalue weighted by atomic mass is 10.0. The molecule has 98 valence electrons. The number of hydrogen-bond donors (Lipinski definition) is 1. The first-order valence-corrected chi connectivity index (χ1v) is 7.06. The van der Waals surface area contributed by atoms with E-state index >= 15 is 0 Å². The van der Waals surface area contributed by atoms with Crippen LogP contribution in [-0.2, 0) is 4.79 Å². The fourth-order valence-corrected chi connectivity index (χ4v) is 2.14. The summed E-state index contributed by atoms with van der Waals surface area (Å²) in [6.45, 7) is 1.88. The van der Waals surface area contributed by atoms with Gasteiger partial charge in [0.25, 0.3) is 0 Å². The third kappa shape index (κ3) is 3.58. The standard InChI is InChI=1S/C15H13BrClNO/c1-10(11-5-3-2-4-6-11)15(19)18-12-7-8-13(16)14(17)9-12/h2-10H,1H3,(H,18,19)/t10-/m1/s1. The first kappa shape index (κ1) is 14.1. The summed E-state index contributed by atoms with van der Waals surface area (Å²) in [7, 11) is 0. The van der Waals surface area contributed by atoms with Gasteiger partial charge in [-0.3, -0.25) is 4.79 Å². The van der Waals surface area contributed by atoms with Crippen molar-refractivity contribution in [3.8, 4) is 0 Å². The molecule has 2 nitrogen and oxygen atoms in total. The number of amides is 1. The largest absolute Gasteiger partial charge is 0.326 e. The predicted molar refractivity (Wildman–Crippen MR) is 82.6 cm³/mol. The highest BCUT2D eigenvalue weighted by molar-refractivity contribution is 9.10. The molecule has 0 fully saturated rings. The number of carbonyl (C=O) groups excluding carboxylic acids is 1. The highest BCUT2D eigenvalue weighted by Gasteiger charge is 2.15. The van der Waals surface area contributed by atoms with Gasteiger partial charge in [0.05, 0.1) is 10.9 Å². The zero-order valence-electron chi connectivity index (χ0n) is 10.4. The van der Waals surface area contributed by atoms with E-state index in [0.29, 0.717) is 10.7 Å². The molecule has 0 bridgehead atoms. The van der Waals surface area contributed by atoms with E-state index in [1.54, 1.807) is 6.07 Å². The van der Waals surface area contributed by atoms with Gasteiger partial charge in [0.1, 0.15) is 0 Å². The highest BCUT2D eigenvalue weighted by Crippen LogP contribution is 2.26. The summed E-state index contributed by atoms with van der Waals surface area (Å²) >= 11 is 9.31. The van der Waals surface area contributed by atoms with Gasteiger partial charge in [-0.15, -0.1) is 0 Å². The Balaban J connectivity index is 2.10. The summed E-state index contributed by atoms with van der Waals surface area (Å²) < 4.78 is 0.809. The summed E-state index contributed by atoms with van der Waals surface area (Å²) in [6.07, 6.45) is 0. The van der Waals surface area contributed by atoms with Gasteiger partial charge >= 0.3 is 0 Å². The second kappa shape index (κ2) is 6.22. The van der Waals surface area contributed by atoms with Crippen molar-refractivity contribution < 1.29 is 4.79 Å². The number of halogens is 2. The Kier molecular flexibility index (Phi) is 4.61. The topological polar surface area (TPSA) is 29.1 Å². The maximum Gasteiger partial charge on any atom is 0.231 e. The SMILES string of the molecule is C[C@@H](C(=O)Nc1ccc(Br)c(Cl)c1)c1ccccc1. The average molecular weight is 339 g/mol. The van der Waals surface area contributed by atoms with Crippen LogP contribution >= 0.6 is 27.5 Å². The summed E-state index contributed by atoms with van der Waals surface area (Å²) in [5.74, 6) is -0.256. The number of carbonyl (C=O) groups is 1. The van der Waals surface area contributed by atoms with Crippen molar-refractivity contribution in [2.24, 2.45) is 0 Å². The van der Waals surface area contributed by atoms with Crippen LogP contribution in [-0.4, -0.2) is 5.91 Å². The number of benzene rings is 2. The average Bonchev–Trinajstić information content (AvgIpc) is 2.43. The Morgan fingerprint density at radius 2 is 1.89 bits per heavy atom. The fraction of sp³-hybridized carbons (Fsp3) is 0.133. The number of nitrogens with one attached hydrogen (secondary N) is 1. The van der Waals surface area contributed by atoms with E-state index in [4.69, 9.17) is 11.6 Å². The molecule has 0 aromatic heterocycles. The molecule has 2 rings (SSSR count). The van der Waals surface area contributed by atoms with Crippen molar-refractivity contribution in [2.75, 3.05) is 5.32 Å². The molecule has 1 N–H and O–H groups in total. The minimum absolute atomic E-state index is 0.0513. The molecule has 0 saturated heterocycles. The van der Waals surface area contributed by atoms with Crippen LogP contribution in [0.5, 0.6) is 0 Å². The molecular weight excluding hydrogens is 326 g/mol. The van der Waals surface area contributed by atoms with Crippen LogP contribution in [0.25, 0.3) is 0 Å². The molecular formula is C15H13BrClNO. The molecule has 0 unspecified atom stereocenters. The molecule has 2 aromatic carbocycles. The molecule has 0 radical (unpaired) electrons. The van der Waals surface area contributed by atoms with Gasteiger partial charge < -0.3 is 5.32 Å². The van der Waals surface area contributed by atoms with Gasteiger partial charge in [0, 0.05) is 10.2 Å². The molecule has 2 aromatic rings. The lowest BCUT2D eigenvalue weighted by molar-refractivity contribution is -0.117. The van der Waals surface area contributed by atoms with Crippen molar-refractivity contribution in [2.45, 2.75) is 12.8 Å². The van der Waals surface area contributed by atoms with Gasteiger partial charge in [-0.05, 0) is 46.6 Å². The zero-order valence-corrected chi connectivity index (χ0v) is 12.7. The van der Waals surface area contributed by atoms with Crippen molar-refractivity contribution >= 4 is 39.1 Å². The lowest BCUT2D eigenvalue weighted by Crippen LogP contribution is -2.18.